The highest BCUT2D eigenvalue weighted by Gasteiger charge is 2.21. The largest absolute Gasteiger partial charge is 0.450 e. The van der Waals surface area contributed by atoms with E-state index in [9.17, 15) is 18.4 Å². The first-order chi connectivity index (χ1) is 14.9. The van der Waals surface area contributed by atoms with Crippen LogP contribution in [-0.2, 0) is 9.53 Å². The average molecular weight is 425 g/mol. The molecule has 3 aromatic carbocycles. The molecule has 8 heteroatoms. The van der Waals surface area contributed by atoms with Crippen LogP contribution < -0.4 is 10.1 Å². The van der Waals surface area contributed by atoms with Crippen LogP contribution in [-0.4, -0.2) is 25.1 Å². The van der Waals surface area contributed by atoms with Gasteiger partial charge in [-0.05, 0) is 24.4 Å². The Morgan fingerprint density at radius 1 is 1.00 bits per heavy atom. The molecule has 0 fully saturated rings. The number of aryl methyl sites for hydroxylation is 1. The lowest BCUT2D eigenvalue weighted by atomic mass is 10.1. The number of rotatable bonds is 6. The molecule has 0 spiro atoms. The number of benzene rings is 3. The molecule has 0 saturated heterocycles. The Morgan fingerprint density at radius 3 is 2.55 bits per heavy atom. The van der Waals surface area contributed by atoms with Gasteiger partial charge in [0.15, 0.2) is 6.61 Å². The van der Waals surface area contributed by atoms with Gasteiger partial charge in [-0.25, -0.2) is 4.79 Å². The van der Waals surface area contributed by atoms with Crippen molar-refractivity contribution >= 4 is 39.3 Å². The molecule has 1 amide bonds. The molecule has 0 radical (unpaired) electrons. The third-order valence-corrected chi connectivity index (χ3v) is 4.73. The van der Waals surface area contributed by atoms with Crippen LogP contribution in [0.5, 0.6) is 5.75 Å². The zero-order valence-electron chi connectivity index (χ0n) is 16.4. The smallest absolute Gasteiger partial charge is 0.387 e. The molecule has 0 atom stereocenters. The highest BCUT2D eigenvalue weighted by molar-refractivity contribution is 6.08. The molecule has 31 heavy (non-hydrogen) atoms. The zero-order valence-corrected chi connectivity index (χ0v) is 16.4. The van der Waals surface area contributed by atoms with Crippen molar-refractivity contribution in [3.63, 3.8) is 0 Å². The van der Waals surface area contributed by atoms with E-state index in [0.29, 0.717) is 11.1 Å². The Kier molecular flexibility index (Phi) is 5.53. The second kappa shape index (κ2) is 8.43. The Bertz CT molecular complexity index is 1280. The number of halogens is 2. The van der Waals surface area contributed by atoms with Crippen molar-refractivity contribution in [2.24, 2.45) is 0 Å². The van der Waals surface area contributed by atoms with Gasteiger partial charge in [-0.1, -0.05) is 48.5 Å². The number of para-hydroxylation sites is 2. The van der Waals surface area contributed by atoms with E-state index in [4.69, 9.17) is 9.15 Å². The fourth-order valence-corrected chi connectivity index (χ4v) is 3.30. The number of alkyl halides is 2. The van der Waals surface area contributed by atoms with Crippen LogP contribution in [0.3, 0.4) is 0 Å². The van der Waals surface area contributed by atoms with E-state index < -0.39 is 25.1 Å². The number of furan rings is 1. The molecule has 1 N–H and O–H groups in total. The Hall–Kier alpha value is -3.94. The van der Waals surface area contributed by atoms with Gasteiger partial charge in [-0.15, -0.1) is 0 Å². The molecule has 6 nitrogen and oxygen atoms in total. The van der Waals surface area contributed by atoms with E-state index in [2.05, 4.69) is 10.1 Å². The van der Waals surface area contributed by atoms with Crippen LogP contribution in [0.1, 0.15) is 16.1 Å². The molecule has 0 aliphatic carbocycles. The molecule has 4 aromatic rings. The number of nitrogens with one attached hydrogen (secondary N) is 1. The number of carbonyl (C=O) groups is 2. The number of amides is 1. The van der Waals surface area contributed by atoms with Crippen LogP contribution >= 0.6 is 0 Å². The Labute approximate surface area is 175 Å². The lowest BCUT2D eigenvalue weighted by Crippen LogP contribution is -2.21. The van der Waals surface area contributed by atoms with Crippen LogP contribution in [0, 0.1) is 6.92 Å². The van der Waals surface area contributed by atoms with Gasteiger partial charge in [0.25, 0.3) is 5.91 Å². The van der Waals surface area contributed by atoms with Crippen LogP contribution in [0.25, 0.3) is 21.7 Å². The number of esters is 1. The normalized spacial score (nSPS) is 11.1. The first kappa shape index (κ1) is 20.3. The minimum absolute atomic E-state index is 0.000543. The van der Waals surface area contributed by atoms with Gasteiger partial charge in [0.1, 0.15) is 11.3 Å². The first-order valence-corrected chi connectivity index (χ1v) is 9.35. The van der Waals surface area contributed by atoms with Crippen molar-refractivity contribution in [1.29, 1.82) is 0 Å². The van der Waals surface area contributed by atoms with Crippen LogP contribution in [0.15, 0.2) is 65.1 Å². The molecule has 4 rings (SSSR count). The number of carbonyl (C=O) groups excluding carboxylic acids is 2. The summed E-state index contributed by atoms with van der Waals surface area (Å²) in [5, 5.41) is 4.98. The topological polar surface area (TPSA) is 77.8 Å². The van der Waals surface area contributed by atoms with Crippen LogP contribution in [0.4, 0.5) is 14.5 Å². The summed E-state index contributed by atoms with van der Waals surface area (Å²) >= 11 is 0. The minimum Gasteiger partial charge on any atom is -0.450 e. The van der Waals surface area contributed by atoms with Crippen molar-refractivity contribution in [1.82, 2.24) is 0 Å². The van der Waals surface area contributed by atoms with Crippen LogP contribution in [0.2, 0.25) is 0 Å². The summed E-state index contributed by atoms with van der Waals surface area (Å²) in [6.07, 6.45) is 0. The molecule has 0 bridgehead atoms. The van der Waals surface area contributed by atoms with Gasteiger partial charge in [0.05, 0.1) is 5.69 Å². The monoisotopic (exact) mass is 425 g/mol. The second-order valence-corrected chi connectivity index (χ2v) is 6.72. The molecule has 1 heterocycles. The SMILES string of the molecule is Cc1c(C(=O)OCC(=O)Nc2ccccc2OC(F)F)oc2c1ccc1ccccc12. The molecular weight excluding hydrogens is 408 g/mol. The fourth-order valence-electron chi connectivity index (χ4n) is 3.30. The van der Waals surface area contributed by atoms with E-state index in [1.165, 1.54) is 18.2 Å². The minimum atomic E-state index is -3.04. The van der Waals surface area contributed by atoms with E-state index in [1.807, 2.05) is 36.4 Å². The average Bonchev–Trinajstić information content (AvgIpc) is 3.10. The maximum absolute atomic E-state index is 12.5. The molecule has 0 unspecified atom stereocenters. The van der Waals surface area contributed by atoms with E-state index >= 15 is 0 Å². The number of ether oxygens (including phenoxy) is 2. The highest BCUT2D eigenvalue weighted by Crippen LogP contribution is 2.32. The van der Waals surface area contributed by atoms with E-state index in [0.717, 1.165) is 16.2 Å². The maximum Gasteiger partial charge on any atom is 0.387 e. The van der Waals surface area contributed by atoms with Gasteiger partial charge >= 0.3 is 12.6 Å². The molecule has 0 saturated carbocycles. The number of hydrogen-bond acceptors (Lipinski definition) is 5. The third kappa shape index (κ3) is 4.18. The molecule has 0 aliphatic heterocycles. The molecule has 0 aliphatic rings. The van der Waals surface area contributed by atoms with Crippen molar-refractivity contribution < 1.29 is 32.3 Å². The fraction of sp³-hybridized carbons (Fsp3) is 0.130. The lowest BCUT2D eigenvalue weighted by molar-refractivity contribution is -0.119. The summed E-state index contributed by atoms with van der Waals surface area (Å²) < 4.78 is 40.2. The number of hydrogen-bond donors (Lipinski definition) is 1. The maximum atomic E-state index is 12.5. The summed E-state index contributed by atoms with van der Waals surface area (Å²) in [6, 6.07) is 17.1. The van der Waals surface area contributed by atoms with Gasteiger partial charge in [-0.3, -0.25) is 4.79 Å². The summed E-state index contributed by atoms with van der Waals surface area (Å²) in [7, 11) is 0. The number of anilines is 1. The van der Waals surface area contributed by atoms with Gasteiger partial charge in [0.2, 0.25) is 5.76 Å². The number of fused-ring (bicyclic) bond motifs is 3. The van der Waals surface area contributed by atoms with E-state index in [1.54, 1.807) is 13.0 Å². The van der Waals surface area contributed by atoms with Crippen molar-refractivity contribution in [3.05, 3.63) is 72.0 Å². The second-order valence-electron chi connectivity index (χ2n) is 6.72. The summed E-state index contributed by atoms with van der Waals surface area (Å²) in [5.74, 6) is -1.71. The lowest BCUT2D eigenvalue weighted by Gasteiger charge is -2.11. The predicted octanol–water partition coefficient (Wildman–Crippen LogP) is 5.29. The standard InChI is InChI=1S/C23H17F2NO5/c1-13-15-11-10-14-6-2-3-7-16(14)21(15)31-20(13)22(28)29-12-19(27)26-17-8-4-5-9-18(17)30-23(24)25/h2-11,23H,12H2,1H3,(H,26,27). The first-order valence-electron chi connectivity index (χ1n) is 9.35. The molecule has 1 aromatic heterocycles. The third-order valence-electron chi connectivity index (χ3n) is 4.73. The summed E-state index contributed by atoms with van der Waals surface area (Å²) in [6.45, 7) is -1.93. The Morgan fingerprint density at radius 2 is 1.74 bits per heavy atom. The van der Waals surface area contributed by atoms with Crippen molar-refractivity contribution in [2.75, 3.05) is 11.9 Å². The van der Waals surface area contributed by atoms with Gasteiger partial charge < -0.3 is 19.2 Å². The highest BCUT2D eigenvalue weighted by atomic mass is 19.3. The van der Waals surface area contributed by atoms with Crippen molar-refractivity contribution in [2.45, 2.75) is 13.5 Å². The van der Waals surface area contributed by atoms with E-state index in [-0.39, 0.29) is 17.2 Å². The molecule has 158 valence electrons. The summed E-state index contributed by atoms with van der Waals surface area (Å²) in [5.41, 5.74) is 1.20. The molecular formula is C23H17F2NO5. The Balaban J connectivity index is 1.48. The van der Waals surface area contributed by atoms with Gasteiger partial charge in [-0.2, -0.15) is 8.78 Å². The summed E-state index contributed by atoms with van der Waals surface area (Å²) in [4.78, 5) is 24.7. The zero-order chi connectivity index (χ0) is 22.0. The quantitative estimate of drug-likeness (QED) is 0.425. The van der Waals surface area contributed by atoms with Crippen molar-refractivity contribution in [3.8, 4) is 5.75 Å². The predicted molar refractivity (Wildman–Crippen MR) is 110 cm³/mol. The van der Waals surface area contributed by atoms with Gasteiger partial charge in [0, 0.05) is 16.3 Å².